The Kier molecular flexibility index (Phi) is 6.96. The number of benzene rings is 6. The van der Waals surface area contributed by atoms with Crippen LogP contribution in [0.4, 0.5) is 0 Å². The standard InChI is InChI=1S/C40H26O9/c41-31-21-26(24-33-35(31)48-39(46-33,27-13-5-1-6-14-27)28-15-7-2-8-16-28)38(44)45-32-22-25(37(42)43)23-34-36(32)49-40(47-34,29-17-9-3-10-18-29)30-19-11-4-12-20-30/h1-24,41H,(H,42,43). The van der Waals surface area contributed by atoms with Crippen LogP contribution in [0.1, 0.15) is 43.0 Å². The lowest BCUT2D eigenvalue weighted by Gasteiger charge is -2.28. The molecule has 8 rings (SSSR count). The fourth-order valence-electron chi connectivity index (χ4n) is 6.07. The van der Waals surface area contributed by atoms with E-state index in [4.69, 9.17) is 23.7 Å². The van der Waals surface area contributed by atoms with Crippen molar-refractivity contribution in [2.24, 2.45) is 0 Å². The van der Waals surface area contributed by atoms with E-state index in [0.29, 0.717) is 22.3 Å². The van der Waals surface area contributed by atoms with E-state index in [1.54, 1.807) is 0 Å². The summed E-state index contributed by atoms with van der Waals surface area (Å²) in [6, 6.07) is 41.9. The van der Waals surface area contributed by atoms with Crippen LogP contribution in [0, 0.1) is 0 Å². The van der Waals surface area contributed by atoms with E-state index in [1.165, 1.54) is 24.3 Å². The van der Waals surface area contributed by atoms with Crippen LogP contribution < -0.4 is 23.7 Å². The SMILES string of the molecule is O=C(O)c1cc(OC(=O)c2cc(O)c3c(c2)OC(c2ccccc2)(c2ccccc2)O3)c2c(c1)OC(c1ccccc1)(c1ccccc1)O2. The predicted molar refractivity (Wildman–Crippen MR) is 176 cm³/mol. The molecule has 6 aromatic rings. The van der Waals surface area contributed by atoms with Gasteiger partial charge in [0.25, 0.3) is 0 Å². The third-order valence-corrected chi connectivity index (χ3v) is 8.36. The Morgan fingerprint density at radius 1 is 0.510 bits per heavy atom. The molecule has 0 aromatic heterocycles. The summed E-state index contributed by atoms with van der Waals surface area (Å²) in [5.74, 6) is -5.40. The number of carbonyl (C=O) groups is 2. The maximum atomic E-state index is 13.8. The highest BCUT2D eigenvalue weighted by molar-refractivity contribution is 5.94. The second-order valence-electron chi connectivity index (χ2n) is 11.4. The number of aromatic hydroxyl groups is 1. The number of aromatic carboxylic acids is 1. The highest BCUT2D eigenvalue weighted by Gasteiger charge is 2.49. The van der Waals surface area contributed by atoms with Crippen LogP contribution in [-0.2, 0) is 11.6 Å². The third kappa shape index (κ3) is 4.96. The molecule has 0 atom stereocenters. The van der Waals surface area contributed by atoms with Gasteiger partial charge in [0.1, 0.15) is 0 Å². The van der Waals surface area contributed by atoms with Gasteiger partial charge in [0.15, 0.2) is 23.0 Å². The molecule has 0 aliphatic carbocycles. The van der Waals surface area contributed by atoms with E-state index in [-0.39, 0.29) is 45.6 Å². The second-order valence-corrected chi connectivity index (χ2v) is 11.4. The number of hydrogen-bond donors (Lipinski definition) is 2. The molecule has 0 radical (unpaired) electrons. The van der Waals surface area contributed by atoms with Crippen molar-refractivity contribution in [2.45, 2.75) is 11.6 Å². The maximum Gasteiger partial charge on any atom is 0.343 e. The second kappa shape index (κ2) is 11.5. The Hall–Kier alpha value is -6.74. The van der Waals surface area contributed by atoms with Gasteiger partial charge in [0.2, 0.25) is 11.5 Å². The zero-order valence-corrected chi connectivity index (χ0v) is 25.6. The Morgan fingerprint density at radius 3 is 1.37 bits per heavy atom. The summed E-state index contributed by atoms with van der Waals surface area (Å²) in [5.41, 5.74) is 2.33. The van der Waals surface area contributed by atoms with Crippen molar-refractivity contribution in [3.63, 3.8) is 0 Å². The number of fused-ring (bicyclic) bond motifs is 2. The van der Waals surface area contributed by atoms with Gasteiger partial charge in [-0.3, -0.25) is 0 Å². The molecular weight excluding hydrogens is 624 g/mol. The average Bonchev–Trinajstić information content (AvgIpc) is 3.75. The van der Waals surface area contributed by atoms with Crippen LogP contribution in [0.2, 0.25) is 0 Å². The van der Waals surface area contributed by atoms with E-state index < -0.39 is 23.5 Å². The van der Waals surface area contributed by atoms with Crippen LogP contribution in [0.15, 0.2) is 146 Å². The number of carbonyl (C=O) groups excluding carboxylic acids is 1. The first-order chi connectivity index (χ1) is 23.9. The van der Waals surface area contributed by atoms with Gasteiger partial charge in [-0.05, 0) is 24.3 Å². The third-order valence-electron chi connectivity index (χ3n) is 8.36. The first-order valence-corrected chi connectivity index (χ1v) is 15.3. The number of ether oxygens (including phenoxy) is 5. The Bertz CT molecular complexity index is 2120. The van der Waals surface area contributed by atoms with Crippen molar-refractivity contribution >= 4 is 11.9 Å². The molecule has 240 valence electrons. The quantitative estimate of drug-likeness (QED) is 0.133. The Balaban J connectivity index is 1.17. The zero-order chi connectivity index (χ0) is 33.6. The predicted octanol–water partition coefficient (Wildman–Crippen LogP) is 7.65. The van der Waals surface area contributed by atoms with Gasteiger partial charge in [-0.2, -0.15) is 0 Å². The Labute approximate surface area is 280 Å². The summed E-state index contributed by atoms with van der Waals surface area (Å²) in [4.78, 5) is 26.0. The summed E-state index contributed by atoms with van der Waals surface area (Å²) in [7, 11) is 0. The number of phenolic OH excluding ortho intramolecular Hbond substituents is 1. The highest BCUT2D eigenvalue weighted by atomic mass is 16.7. The highest BCUT2D eigenvalue weighted by Crippen LogP contribution is 2.54. The molecule has 2 heterocycles. The smallest absolute Gasteiger partial charge is 0.343 e. The molecule has 0 bridgehead atoms. The van der Waals surface area contributed by atoms with E-state index in [0.717, 1.165) is 0 Å². The van der Waals surface area contributed by atoms with Crippen molar-refractivity contribution in [1.29, 1.82) is 0 Å². The lowest BCUT2D eigenvalue weighted by molar-refractivity contribution is -0.0469. The van der Waals surface area contributed by atoms with E-state index in [9.17, 15) is 19.8 Å². The molecule has 0 unspecified atom stereocenters. The number of hydrogen-bond acceptors (Lipinski definition) is 8. The number of rotatable bonds is 7. The van der Waals surface area contributed by atoms with Crippen molar-refractivity contribution in [2.75, 3.05) is 0 Å². The lowest BCUT2D eigenvalue weighted by Crippen LogP contribution is -2.36. The molecule has 0 saturated carbocycles. The number of carboxylic acids is 1. The average molecular weight is 651 g/mol. The Morgan fingerprint density at radius 2 is 0.918 bits per heavy atom. The van der Waals surface area contributed by atoms with E-state index in [1.807, 2.05) is 121 Å². The minimum atomic E-state index is -1.50. The summed E-state index contributed by atoms with van der Waals surface area (Å²) in [6.45, 7) is 0. The number of esters is 1. The van der Waals surface area contributed by atoms with E-state index >= 15 is 0 Å². The fourth-order valence-corrected chi connectivity index (χ4v) is 6.07. The molecule has 2 aliphatic heterocycles. The summed E-state index contributed by atoms with van der Waals surface area (Å²) in [6.07, 6.45) is 0. The van der Waals surface area contributed by atoms with Crippen molar-refractivity contribution in [3.8, 4) is 34.5 Å². The largest absolute Gasteiger partial charge is 0.504 e. The molecule has 0 fully saturated rings. The molecular formula is C40H26O9. The molecule has 2 aliphatic rings. The molecule has 2 N–H and O–H groups in total. The lowest BCUT2D eigenvalue weighted by atomic mass is 9.97. The van der Waals surface area contributed by atoms with Gasteiger partial charge < -0.3 is 33.9 Å². The van der Waals surface area contributed by atoms with Crippen LogP contribution in [0.3, 0.4) is 0 Å². The normalized spacial score (nSPS) is 14.6. The van der Waals surface area contributed by atoms with Crippen molar-refractivity contribution in [1.82, 2.24) is 0 Å². The van der Waals surface area contributed by atoms with Crippen LogP contribution in [-0.4, -0.2) is 22.2 Å². The zero-order valence-electron chi connectivity index (χ0n) is 25.6. The topological polar surface area (TPSA) is 121 Å². The van der Waals surface area contributed by atoms with Crippen molar-refractivity contribution in [3.05, 3.63) is 179 Å². The van der Waals surface area contributed by atoms with Gasteiger partial charge in [0.05, 0.1) is 11.1 Å². The molecule has 9 heteroatoms. The summed E-state index contributed by atoms with van der Waals surface area (Å²) >= 11 is 0. The van der Waals surface area contributed by atoms with Crippen molar-refractivity contribution < 1.29 is 43.5 Å². The summed E-state index contributed by atoms with van der Waals surface area (Å²) in [5, 5.41) is 21.0. The monoisotopic (exact) mass is 650 g/mol. The maximum absolute atomic E-state index is 13.8. The van der Waals surface area contributed by atoms with Crippen LogP contribution in [0.5, 0.6) is 34.5 Å². The first-order valence-electron chi connectivity index (χ1n) is 15.3. The van der Waals surface area contributed by atoms with E-state index in [2.05, 4.69) is 0 Å². The molecule has 0 saturated heterocycles. The number of phenols is 1. The van der Waals surface area contributed by atoms with Gasteiger partial charge >= 0.3 is 23.5 Å². The molecule has 0 spiro atoms. The fraction of sp³-hybridized carbons (Fsp3) is 0.0500. The van der Waals surface area contributed by atoms with Gasteiger partial charge in [0, 0.05) is 22.3 Å². The molecule has 6 aromatic carbocycles. The number of carboxylic acid groups (broad SMARTS) is 1. The van der Waals surface area contributed by atoms with Gasteiger partial charge in [-0.15, -0.1) is 0 Å². The minimum Gasteiger partial charge on any atom is -0.504 e. The first kappa shape index (κ1) is 29.6. The molecule has 9 nitrogen and oxygen atoms in total. The van der Waals surface area contributed by atoms with Crippen LogP contribution in [0.25, 0.3) is 0 Å². The summed E-state index contributed by atoms with van der Waals surface area (Å²) < 4.78 is 31.5. The molecule has 0 amide bonds. The minimum absolute atomic E-state index is 0.0307. The van der Waals surface area contributed by atoms with Gasteiger partial charge in [-0.25, -0.2) is 9.59 Å². The van der Waals surface area contributed by atoms with Crippen LogP contribution >= 0.6 is 0 Å². The molecule has 49 heavy (non-hydrogen) atoms. The van der Waals surface area contributed by atoms with Gasteiger partial charge in [-0.1, -0.05) is 121 Å².